The van der Waals surface area contributed by atoms with Crippen molar-refractivity contribution >= 4 is 27.5 Å². The summed E-state index contributed by atoms with van der Waals surface area (Å²) in [6.45, 7) is 2.90. The highest BCUT2D eigenvalue weighted by molar-refractivity contribution is 7.89. The molecular weight excluding hydrogens is 454 g/mol. The predicted octanol–water partition coefficient (Wildman–Crippen LogP) is 2.20. The molecule has 9 heteroatoms. The van der Waals surface area contributed by atoms with Gasteiger partial charge in [-0.25, -0.2) is 12.7 Å². The highest BCUT2D eigenvalue weighted by Gasteiger charge is 2.38. The van der Waals surface area contributed by atoms with Crippen LogP contribution in [0.4, 0.5) is 5.69 Å². The van der Waals surface area contributed by atoms with Gasteiger partial charge in [0.2, 0.25) is 15.9 Å². The van der Waals surface area contributed by atoms with E-state index in [0.29, 0.717) is 50.3 Å². The van der Waals surface area contributed by atoms with E-state index in [9.17, 15) is 18.0 Å². The number of hydrogen-bond donors (Lipinski definition) is 1. The van der Waals surface area contributed by atoms with Crippen LogP contribution < -0.4 is 15.0 Å². The third kappa shape index (κ3) is 5.42. The first kappa shape index (κ1) is 24.2. The molecule has 1 N–H and O–H groups in total. The Morgan fingerprint density at radius 3 is 2.41 bits per heavy atom. The standard InChI is InChI=1S/C25H31N3O5S/c1-2-34(31,32)27-16-13-20(14-17-27)25(30)28-18-23(33-22-11-7-6-10-21(22)28)24(29)26-15-12-19-8-4-3-5-9-19/h3-11,20,23H,2,12-18H2,1H3,(H,26,29). The molecular formula is C25H31N3O5S. The van der Waals surface area contributed by atoms with Gasteiger partial charge in [-0.3, -0.25) is 9.59 Å². The molecule has 0 spiro atoms. The Morgan fingerprint density at radius 1 is 1.03 bits per heavy atom. The van der Waals surface area contributed by atoms with Gasteiger partial charge < -0.3 is 15.0 Å². The molecule has 1 fully saturated rings. The molecule has 2 aromatic carbocycles. The molecule has 2 aliphatic rings. The van der Waals surface area contributed by atoms with Crippen molar-refractivity contribution in [3.8, 4) is 5.75 Å². The Hall–Kier alpha value is -2.91. The zero-order valence-electron chi connectivity index (χ0n) is 19.4. The predicted molar refractivity (Wildman–Crippen MR) is 130 cm³/mol. The van der Waals surface area contributed by atoms with Crippen LogP contribution in [-0.2, 0) is 26.0 Å². The lowest BCUT2D eigenvalue weighted by molar-refractivity contribution is -0.129. The van der Waals surface area contributed by atoms with Crippen molar-refractivity contribution in [3.05, 3.63) is 60.2 Å². The molecule has 2 amide bonds. The summed E-state index contributed by atoms with van der Waals surface area (Å²) < 4.78 is 31.7. The van der Waals surface area contributed by atoms with E-state index in [1.807, 2.05) is 48.5 Å². The topological polar surface area (TPSA) is 96.0 Å². The maximum atomic E-state index is 13.5. The number of para-hydroxylation sites is 2. The van der Waals surface area contributed by atoms with Gasteiger partial charge in [-0.15, -0.1) is 0 Å². The highest BCUT2D eigenvalue weighted by Crippen LogP contribution is 2.35. The fourth-order valence-electron chi connectivity index (χ4n) is 4.45. The van der Waals surface area contributed by atoms with E-state index in [1.165, 1.54) is 4.31 Å². The van der Waals surface area contributed by atoms with Gasteiger partial charge in [0.15, 0.2) is 6.10 Å². The average Bonchev–Trinajstić information content (AvgIpc) is 2.88. The molecule has 34 heavy (non-hydrogen) atoms. The van der Waals surface area contributed by atoms with Crippen molar-refractivity contribution in [2.75, 3.05) is 36.8 Å². The number of carbonyl (C=O) groups is 2. The minimum Gasteiger partial charge on any atom is -0.477 e. The maximum absolute atomic E-state index is 13.5. The Labute approximate surface area is 200 Å². The Bertz CT molecular complexity index is 1110. The van der Waals surface area contributed by atoms with E-state index in [2.05, 4.69) is 5.32 Å². The lowest BCUT2D eigenvalue weighted by Gasteiger charge is -2.38. The highest BCUT2D eigenvalue weighted by atomic mass is 32.2. The Morgan fingerprint density at radius 2 is 1.71 bits per heavy atom. The summed E-state index contributed by atoms with van der Waals surface area (Å²) in [5.74, 6) is -0.0881. The number of carbonyl (C=O) groups excluding carboxylic acids is 2. The fraction of sp³-hybridized carbons (Fsp3) is 0.440. The summed E-state index contributed by atoms with van der Waals surface area (Å²) in [5, 5.41) is 2.92. The molecule has 0 aromatic heterocycles. The Kier molecular flexibility index (Phi) is 7.53. The summed E-state index contributed by atoms with van der Waals surface area (Å²) in [6, 6.07) is 17.1. The van der Waals surface area contributed by atoms with Crippen LogP contribution in [0.5, 0.6) is 5.75 Å². The maximum Gasteiger partial charge on any atom is 0.262 e. The van der Waals surface area contributed by atoms with Crippen molar-refractivity contribution in [2.45, 2.75) is 32.3 Å². The first-order valence-corrected chi connectivity index (χ1v) is 13.4. The molecule has 2 aliphatic heterocycles. The Balaban J connectivity index is 1.41. The van der Waals surface area contributed by atoms with Crippen LogP contribution in [0.1, 0.15) is 25.3 Å². The van der Waals surface area contributed by atoms with Crippen molar-refractivity contribution in [3.63, 3.8) is 0 Å². The van der Waals surface area contributed by atoms with Crippen molar-refractivity contribution in [1.82, 2.24) is 9.62 Å². The van der Waals surface area contributed by atoms with E-state index >= 15 is 0 Å². The van der Waals surface area contributed by atoms with E-state index in [1.54, 1.807) is 17.9 Å². The number of fused-ring (bicyclic) bond motifs is 1. The molecule has 0 saturated carbocycles. The number of hydrogen-bond acceptors (Lipinski definition) is 5. The normalized spacial score (nSPS) is 19.2. The van der Waals surface area contributed by atoms with E-state index in [4.69, 9.17) is 4.74 Å². The van der Waals surface area contributed by atoms with Crippen molar-refractivity contribution in [2.24, 2.45) is 5.92 Å². The van der Waals surface area contributed by atoms with Gasteiger partial charge in [-0.2, -0.15) is 0 Å². The van der Waals surface area contributed by atoms with Crippen molar-refractivity contribution < 1.29 is 22.7 Å². The van der Waals surface area contributed by atoms with Crippen LogP contribution >= 0.6 is 0 Å². The second-order valence-electron chi connectivity index (χ2n) is 8.62. The lowest BCUT2D eigenvalue weighted by Crippen LogP contribution is -2.53. The van der Waals surface area contributed by atoms with Gasteiger partial charge in [-0.05, 0) is 43.9 Å². The number of ether oxygens (including phenoxy) is 1. The molecule has 0 aliphatic carbocycles. The summed E-state index contributed by atoms with van der Waals surface area (Å²) in [7, 11) is -3.26. The molecule has 1 unspecified atom stereocenters. The number of benzene rings is 2. The third-order valence-electron chi connectivity index (χ3n) is 6.45. The van der Waals surface area contributed by atoms with Crippen LogP contribution in [0.15, 0.2) is 54.6 Å². The molecule has 1 saturated heterocycles. The third-order valence-corrected chi connectivity index (χ3v) is 8.33. The zero-order chi connectivity index (χ0) is 24.1. The van der Waals surface area contributed by atoms with Crippen LogP contribution in [0.3, 0.4) is 0 Å². The number of anilines is 1. The lowest BCUT2D eigenvalue weighted by atomic mass is 9.95. The smallest absolute Gasteiger partial charge is 0.262 e. The molecule has 8 nitrogen and oxygen atoms in total. The summed E-state index contributed by atoms with van der Waals surface area (Å²) in [6.07, 6.45) is 0.824. The minimum atomic E-state index is -3.26. The summed E-state index contributed by atoms with van der Waals surface area (Å²) in [5.41, 5.74) is 1.77. The average molecular weight is 486 g/mol. The molecule has 1 atom stereocenters. The van der Waals surface area contributed by atoms with Crippen LogP contribution in [0, 0.1) is 5.92 Å². The number of rotatable bonds is 7. The van der Waals surface area contributed by atoms with Crippen molar-refractivity contribution in [1.29, 1.82) is 0 Å². The first-order valence-electron chi connectivity index (χ1n) is 11.8. The largest absolute Gasteiger partial charge is 0.477 e. The first-order chi connectivity index (χ1) is 16.4. The molecule has 2 aromatic rings. The quantitative estimate of drug-likeness (QED) is 0.649. The van der Waals surface area contributed by atoms with Gasteiger partial charge in [0, 0.05) is 25.6 Å². The molecule has 2 heterocycles. The molecule has 0 bridgehead atoms. The van der Waals surface area contributed by atoms with Gasteiger partial charge >= 0.3 is 0 Å². The fourth-order valence-corrected chi connectivity index (χ4v) is 5.58. The number of sulfonamides is 1. The second kappa shape index (κ2) is 10.6. The minimum absolute atomic E-state index is 0.0590. The van der Waals surface area contributed by atoms with Crippen LogP contribution in [-0.4, -0.2) is 62.6 Å². The van der Waals surface area contributed by atoms with Gasteiger partial charge in [-0.1, -0.05) is 42.5 Å². The van der Waals surface area contributed by atoms with Crippen LogP contribution in [0.2, 0.25) is 0 Å². The van der Waals surface area contributed by atoms with Gasteiger partial charge in [0.05, 0.1) is 18.0 Å². The van der Waals surface area contributed by atoms with E-state index < -0.39 is 16.1 Å². The molecule has 182 valence electrons. The van der Waals surface area contributed by atoms with Crippen LogP contribution in [0.25, 0.3) is 0 Å². The number of nitrogens with one attached hydrogen (secondary N) is 1. The number of nitrogens with zero attached hydrogens (tertiary/aromatic N) is 2. The SMILES string of the molecule is CCS(=O)(=O)N1CCC(C(=O)N2CC(C(=O)NCCc3ccccc3)Oc3ccccc32)CC1. The monoisotopic (exact) mass is 485 g/mol. The van der Waals surface area contributed by atoms with E-state index in [0.717, 1.165) is 5.56 Å². The molecule has 0 radical (unpaired) electrons. The number of amides is 2. The van der Waals surface area contributed by atoms with Gasteiger partial charge in [0.1, 0.15) is 5.75 Å². The van der Waals surface area contributed by atoms with Gasteiger partial charge in [0.25, 0.3) is 5.91 Å². The summed E-state index contributed by atoms with van der Waals surface area (Å²) >= 11 is 0. The van der Waals surface area contributed by atoms with E-state index in [-0.39, 0.29) is 30.0 Å². The summed E-state index contributed by atoms with van der Waals surface area (Å²) in [4.78, 5) is 28.0. The second-order valence-corrected chi connectivity index (χ2v) is 10.9. The number of piperidine rings is 1. The molecule has 4 rings (SSSR count). The zero-order valence-corrected chi connectivity index (χ0v) is 20.2.